The van der Waals surface area contributed by atoms with Gasteiger partial charge in [-0.3, -0.25) is 0 Å². The molecule has 1 fully saturated rings. The minimum absolute atomic E-state index is 0.148. The lowest BCUT2D eigenvalue weighted by Gasteiger charge is -2.39. The third-order valence-electron chi connectivity index (χ3n) is 4.34. The summed E-state index contributed by atoms with van der Waals surface area (Å²) in [6.45, 7) is 10.4. The van der Waals surface area contributed by atoms with Gasteiger partial charge in [0.1, 0.15) is 0 Å². The predicted molar refractivity (Wildman–Crippen MR) is 104 cm³/mol. The molecule has 1 aromatic rings. The van der Waals surface area contributed by atoms with E-state index in [-0.39, 0.29) is 5.75 Å². The fourth-order valence-corrected chi connectivity index (χ4v) is 4.08. The molecule has 1 aliphatic rings. The highest BCUT2D eigenvalue weighted by Gasteiger charge is 2.40. The molecule has 2 rings (SSSR count). The highest BCUT2D eigenvalue weighted by Crippen LogP contribution is 2.23. The Morgan fingerprint density at radius 3 is 2.73 bits per heavy atom. The summed E-state index contributed by atoms with van der Waals surface area (Å²) in [6.07, 6.45) is 2.71. The second-order valence-corrected chi connectivity index (χ2v) is 9.77. The van der Waals surface area contributed by atoms with Crippen LogP contribution in [0.2, 0.25) is 0 Å². The maximum atomic E-state index is 12.2. The van der Waals surface area contributed by atoms with Crippen molar-refractivity contribution in [1.29, 1.82) is 0 Å². The summed E-state index contributed by atoms with van der Waals surface area (Å²) in [5.74, 6) is 1.51. The smallest absolute Gasteiger partial charge is 0.213 e. The standard InChI is InChI=1S/C18H30N4O3S/c1-5-10-25-16-8-7-15(12-20-16)13-21-17(19-6-2)22-9-11-26(23,24)18(3,4)14-22/h7-8,12H,5-6,9-11,13-14H2,1-4H3,(H,19,21). The van der Waals surface area contributed by atoms with Crippen molar-refractivity contribution in [2.45, 2.75) is 45.4 Å². The zero-order valence-corrected chi connectivity index (χ0v) is 17.0. The Kier molecular flexibility index (Phi) is 6.86. The second-order valence-electron chi connectivity index (χ2n) is 7.02. The average Bonchev–Trinajstić information content (AvgIpc) is 2.60. The molecule has 0 spiro atoms. The zero-order valence-electron chi connectivity index (χ0n) is 16.2. The number of ether oxygens (including phenoxy) is 1. The first-order chi connectivity index (χ1) is 12.3. The van der Waals surface area contributed by atoms with Crippen LogP contribution in [-0.4, -0.2) is 61.0 Å². The molecule has 146 valence electrons. The SMILES string of the molecule is CCCOc1ccc(CN=C(NCC)N2CCS(=O)(=O)C(C)(C)C2)cn1. The van der Waals surface area contributed by atoms with Gasteiger partial charge in [0, 0.05) is 31.9 Å². The summed E-state index contributed by atoms with van der Waals surface area (Å²) in [5, 5.41) is 3.26. The third-order valence-corrected chi connectivity index (χ3v) is 6.87. The molecule has 0 unspecified atom stereocenters. The first-order valence-corrected chi connectivity index (χ1v) is 10.8. The first-order valence-electron chi connectivity index (χ1n) is 9.12. The highest BCUT2D eigenvalue weighted by molar-refractivity contribution is 7.92. The Morgan fingerprint density at radius 1 is 1.38 bits per heavy atom. The lowest BCUT2D eigenvalue weighted by atomic mass is 10.2. The van der Waals surface area contributed by atoms with Gasteiger partial charge in [-0.05, 0) is 32.8 Å². The van der Waals surface area contributed by atoms with Crippen LogP contribution in [0.15, 0.2) is 23.3 Å². The van der Waals surface area contributed by atoms with Crippen LogP contribution in [0.5, 0.6) is 5.88 Å². The van der Waals surface area contributed by atoms with E-state index in [2.05, 4.69) is 22.2 Å². The van der Waals surface area contributed by atoms with Gasteiger partial charge in [-0.1, -0.05) is 13.0 Å². The monoisotopic (exact) mass is 382 g/mol. The molecule has 8 heteroatoms. The van der Waals surface area contributed by atoms with E-state index in [9.17, 15) is 8.42 Å². The number of rotatable bonds is 6. The molecule has 1 saturated heterocycles. The summed E-state index contributed by atoms with van der Waals surface area (Å²) in [4.78, 5) is 11.0. The molecule has 7 nitrogen and oxygen atoms in total. The van der Waals surface area contributed by atoms with Crippen molar-refractivity contribution in [3.05, 3.63) is 23.9 Å². The van der Waals surface area contributed by atoms with Crippen LogP contribution < -0.4 is 10.1 Å². The number of hydrogen-bond donors (Lipinski definition) is 1. The van der Waals surface area contributed by atoms with E-state index in [1.165, 1.54) is 0 Å². The quantitative estimate of drug-likeness (QED) is 0.597. The maximum absolute atomic E-state index is 12.2. The number of nitrogens with zero attached hydrogens (tertiary/aromatic N) is 3. The number of hydrogen-bond acceptors (Lipinski definition) is 5. The van der Waals surface area contributed by atoms with E-state index in [4.69, 9.17) is 4.74 Å². The molecule has 1 aromatic heterocycles. The fraction of sp³-hybridized carbons (Fsp3) is 0.667. The second kappa shape index (κ2) is 8.70. The molecule has 0 amide bonds. The maximum Gasteiger partial charge on any atom is 0.213 e. The molecule has 26 heavy (non-hydrogen) atoms. The molecule has 0 aliphatic carbocycles. The van der Waals surface area contributed by atoms with E-state index in [1.807, 2.05) is 24.0 Å². The molecule has 0 radical (unpaired) electrons. The van der Waals surface area contributed by atoms with Gasteiger partial charge in [0.05, 0.1) is 23.7 Å². The zero-order chi connectivity index (χ0) is 19.2. The topological polar surface area (TPSA) is 83.9 Å². The Morgan fingerprint density at radius 2 is 2.15 bits per heavy atom. The van der Waals surface area contributed by atoms with Crippen molar-refractivity contribution >= 4 is 15.8 Å². The van der Waals surface area contributed by atoms with Gasteiger partial charge in [-0.15, -0.1) is 0 Å². The van der Waals surface area contributed by atoms with Crippen molar-refractivity contribution in [1.82, 2.24) is 15.2 Å². The Balaban J connectivity index is 2.07. The number of pyridine rings is 1. The number of nitrogens with one attached hydrogen (secondary N) is 1. The predicted octanol–water partition coefficient (Wildman–Crippen LogP) is 1.84. The van der Waals surface area contributed by atoms with Gasteiger partial charge in [-0.2, -0.15) is 0 Å². The minimum atomic E-state index is -3.07. The first kappa shape index (κ1) is 20.5. The van der Waals surface area contributed by atoms with Gasteiger partial charge in [0.2, 0.25) is 5.88 Å². The summed E-state index contributed by atoms with van der Waals surface area (Å²) in [6, 6.07) is 3.81. The molecule has 1 N–H and O–H groups in total. The third kappa shape index (κ3) is 5.09. The molecule has 1 aliphatic heterocycles. The van der Waals surface area contributed by atoms with Crippen molar-refractivity contribution in [2.24, 2.45) is 4.99 Å². The molecule has 0 aromatic carbocycles. The Labute approximate surface area is 156 Å². The minimum Gasteiger partial charge on any atom is -0.478 e. The molecule has 0 bridgehead atoms. The van der Waals surface area contributed by atoms with Crippen LogP contribution in [0.4, 0.5) is 0 Å². The Bertz CT molecular complexity index is 714. The summed E-state index contributed by atoms with van der Waals surface area (Å²) < 4.78 is 29.1. The van der Waals surface area contributed by atoms with Crippen LogP contribution >= 0.6 is 0 Å². The van der Waals surface area contributed by atoms with E-state index in [0.29, 0.717) is 32.1 Å². The van der Waals surface area contributed by atoms with Crippen molar-refractivity contribution in [3.63, 3.8) is 0 Å². The van der Waals surface area contributed by atoms with Crippen LogP contribution in [0.3, 0.4) is 0 Å². The van der Waals surface area contributed by atoms with E-state index < -0.39 is 14.6 Å². The highest BCUT2D eigenvalue weighted by atomic mass is 32.2. The van der Waals surface area contributed by atoms with E-state index in [1.54, 1.807) is 20.0 Å². The molecule has 0 saturated carbocycles. The molecular weight excluding hydrogens is 352 g/mol. The van der Waals surface area contributed by atoms with Gasteiger partial charge in [0.25, 0.3) is 0 Å². The summed E-state index contributed by atoms with van der Waals surface area (Å²) in [7, 11) is -3.07. The average molecular weight is 383 g/mol. The van der Waals surface area contributed by atoms with Gasteiger partial charge in [-0.25, -0.2) is 18.4 Å². The normalized spacial score (nSPS) is 19.2. The fourth-order valence-electron chi connectivity index (χ4n) is 2.71. The van der Waals surface area contributed by atoms with Gasteiger partial charge in [0.15, 0.2) is 15.8 Å². The van der Waals surface area contributed by atoms with E-state index in [0.717, 1.165) is 24.5 Å². The largest absolute Gasteiger partial charge is 0.478 e. The number of aromatic nitrogens is 1. The van der Waals surface area contributed by atoms with Crippen molar-refractivity contribution in [2.75, 3.05) is 32.0 Å². The Hall–Kier alpha value is -1.83. The van der Waals surface area contributed by atoms with Gasteiger partial charge >= 0.3 is 0 Å². The summed E-state index contributed by atoms with van der Waals surface area (Å²) >= 11 is 0. The molecule has 0 atom stereocenters. The van der Waals surface area contributed by atoms with Crippen LogP contribution in [0.1, 0.15) is 39.7 Å². The van der Waals surface area contributed by atoms with Crippen LogP contribution in [-0.2, 0) is 16.4 Å². The van der Waals surface area contributed by atoms with Crippen LogP contribution in [0.25, 0.3) is 0 Å². The van der Waals surface area contributed by atoms with Crippen molar-refractivity contribution < 1.29 is 13.2 Å². The molecular formula is C18H30N4O3S. The van der Waals surface area contributed by atoms with E-state index >= 15 is 0 Å². The van der Waals surface area contributed by atoms with Crippen LogP contribution in [0, 0.1) is 0 Å². The number of aliphatic imine (C=N–C) groups is 1. The number of guanidine groups is 1. The lowest BCUT2D eigenvalue weighted by molar-refractivity contribution is 0.305. The molecule has 2 heterocycles. The van der Waals surface area contributed by atoms with Gasteiger partial charge < -0.3 is 15.0 Å². The van der Waals surface area contributed by atoms with Crippen molar-refractivity contribution in [3.8, 4) is 5.88 Å². The summed E-state index contributed by atoms with van der Waals surface area (Å²) in [5.41, 5.74) is 0.980. The lowest BCUT2D eigenvalue weighted by Crippen LogP contribution is -2.57. The number of sulfone groups is 1.